The fraction of sp³-hybridized carbons (Fsp3) is 0.190. The van der Waals surface area contributed by atoms with Crippen molar-refractivity contribution in [3.8, 4) is 22.3 Å². The molecule has 27 heavy (non-hydrogen) atoms. The summed E-state index contributed by atoms with van der Waals surface area (Å²) < 4.78 is 10.7. The molecule has 0 aliphatic rings. The first kappa shape index (κ1) is 17.0. The Morgan fingerprint density at radius 3 is 2.63 bits per heavy atom. The number of aromatic nitrogens is 4. The molecule has 0 aliphatic heterocycles. The van der Waals surface area contributed by atoms with Crippen LogP contribution >= 0.6 is 0 Å². The van der Waals surface area contributed by atoms with Gasteiger partial charge in [-0.15, -0.1) is 0 Å². The highest BCUT2D eigenvalue weighted by Crippen LogP contribution is 2.36. The molecule has 0 fully saturated rings. The van der Waals surface area contributed by atoms with E-state index >= 15 is 0 Å². The van der Waals surface area contributed by atoms with Gasteiger partial charge in [0.25, 0.3) is 0 Å². The van der Waals surface area contributed by atoms with Gasteiger partial charge in [-0.2, -0.15) is 0 Å². The van der Waals surface area contributed by atoms with Crippen LogP contribution in [-0.2, 0) is 0 Å². The molecule has 0 aliphatic carbocycles. The van der Waals surface area contributed by atoms with Crippen LogP contribution in [0.3, 0.4) is 0 Å². The Balaban J connectivity index is 0.00000180. The number of nitrogens with one attached hydrogen (secondary N) is 1. The molecule has 0 saturated carbocycles. The van der Waals surface area contributed by atoms with Crippen LogP contribution in [0, 0.1) is 20.8 Å². The van der Waals surface area contributed by atoms with E-state index in [1.807, 2.05) is 39.0 Å². The quantitative estimate of drug-likeness (QED) is 0.444. The van der Waals surface area contributed by atoms with Gasteiger partial charge in [0.15, 0.2) is 12.0 Å². The number of H-pyrrole nitrogens is 1. The van der Waals surface area contributed by atoms with Crippen LogP contribution in [0.2, 0.25) is 0 Å². The molecule has 1 N–H and O–H groups in total. The molecule has 6 heteroatoms. The summed E-state index contributed by atoms with van der Waals surface area (Å²) in [5.74, 6) is 1.68. The van der Waals surface area contributed by atoms with Gasteiger partial charge in [-0.1, -0.05) is 18.6 Å². The normalized spacial score (nSPS) is 11.2. The average molecular weight is 360 g/mol. The molecule has 0 unspecified atom stereocenters. The van der Waals surface area contributed by atoms with Gasteiger partial charge in [-0.3, -0.25) is 0 Å². The molecule has 136 valence electrons. The van der Waals surface area contributed by atoms with Crippen LogP contribution in [0.15, 0.2) is 45.7 Å². The van der Waals surface area contributed by atoms with Crippen LogP contribution in [0.25, 0.3) is 44.4 Å². The largest absolute Gasteiger partial charge is 0.443 e. The number of benzene rings is 2. The smallest absolute Gasteiger partial charge is 0.181 e. The summed E-state index contributed by atoms with van der Waals surface area (Å²) in [6, 6.07) is 10.2. The van der Waals surface area contributed by atoms with E-state index in [-0.39, 0.29) is 7.43 Å². The Morgan fingerprint density at radius 1 is 1.00 bits per heavy atom. The number of imidazole rings is 1. The third kappa shape index (κ3) is 2.61. The molecule has 0 spiro atoms. The summed E-state index contributed by atoms with van der Waals surface area (Å²) in [5, 5.41) is 4.09. The molecule has 0 saturated heterocycles. The molecule has 0 radical (unpaired) electrons. The molecule has 3 heterocycles. The maximum Gasteiger partial charge on any atom is 0.181 e. The van der Waals surface area contributed by atoms with Crippen molar-refractivity contribution >= 4 is 22.1 Å². The van der Waals surface area contributed by atoms with Gasteiger partial charge >= 0.3 is 0 Å². The maximum atomic E-state index is 5.36. The summed E-state index contributed by atoms with van der Waals surface area (Å²) in [6.07, 6.45) is 1.46. The second kappa shape index (κ2) is 6.09. The highest BCUT2D eigenvalue weighted by atomic mass is 16.5. The summed E-state index contributed by atoms with van der Waals surface area (Å²) >= 11 is 0. The molecular formula is C21H20N4O2. The zero-order chi connectivity index (χ0) is 17.8. The van der Waals surface area contributed by atoms with Crippen molar-refractivity contribution in [1.29, 1.82) is 0 Å². The Labute approximate surface area is 156 Å². The number of fused-ring (bicyclic) bond motifs is 2. The van der Waals surface area contributed by atoms with E-state index in [1.54, 1.807) is 0 Å². The van der Waals surface area contributed by atoms with E-state index in [1.165, 1.54) is 6.39 Å². The number of oxazole rings is 1. The Bertz CT molecular complexity index is 1260. The van der Waals surface area contributed by atoms with Gasteiger partial charge in [0, 0.05) is 11.1 Å². The lowest BCUT2D eigenvalue weighted by Gasteiger charge is -2.07. The van der Waals surface area contributed by atoms with Gasteiger partial charge < -0.3 is 13.9 Å². The minimum Gasteiger partial charge on any atom is -0.443 e. The molecule has 2 aromatic carbocycles. The first-order valence-electron chi connectivity index (χ1n) is 8.37. The summed E-state index contributed by atoms with van der Waals surface area (Å²) in [7, 11) is 0. The lowest BCUT2D eigenvalue weighted by Crippen LogP contribution is -1.87. The van der Waals surface area contributed by atoms with Crippen LogP contribution in [-0.4, -0.2) is 20.1 Å². The van der Waals surface area contributed by atoms with Crippen molar-refractivity contribution in [3.05, 3.63) is 54.0 Å². The summed E-state index contributed by atoms with van der Waals surface area (Å²) in [5.41, 5.74) is 8.52. The van der Waals surface area contributed by atoms with E-state index in [2.05, 4.69) is 32.2 Å². The first-order chi connectivity index (χ1) is 12.6. The monoisotopic (exact) mass is 360 g/mol. The van der Waals surface area contributed by atoms with E-state index < -0.39 is 0 Å². The lowest BCUT2D eigenvalue weighted by atomic mass is 9.96. The predicted octanol–water partition coefficient (Wildman–Crippen LogP) is 5.59. The molecular weight excluding hydrogens is 340 g/mol. The summed E-state index contributed by atoms with van der Waals surface area (Å²) in [6.45, 7) is 5.84. The van der Waals surface area contributed by atoms with E-state index in [9.17, 15) is 0 Å². The standard InChI is InChI=1S/C20H16N4O2.CH4/c1-10-19(11(2)26-24-10)14-6-15(20-17(8-14)22-12(3)23-20)13-4-5-18-16(7-13)21-9-25-18;/h4-9H,1-3H3,(H,22,23);1H4. The Kier molecular flexibility index (Phi) is 3.84. The molecule has 0 bridgehead atoms. The van der Waals surface area contributed by atoms with Crippen molar-refractivity contribution < 1.29 is 8.94 Å². The Hall–Kier alpha value is -3.41. The molecule has 5 aromatic rings. The highest BCUT2D eigenvalue weighted by molar-refractivity contribution is 5.98. The van der Waals surface area contributed by atoms with Crippen molar-refractivity contribution in [2.45, 2.75) is 28.2 Å². The third-order valence-corrected chi connectivity index (χ3v) is 4.67. The zero-order valence-electron chi connectivity index (χ0n) is 14.6. The fourth-order valence-corrected chi connectivity index (χ4v) is 3.53. The van der Waals surface area contributed by atoms with Gasteiger partial charge in [-0.05, 0) is 56.2 Å². The van der Waals surface area contributed by atoms with Crippen LogP contribution < -0.4 is 0 Å². The number of aromatic amines is 1. The maximum absolute atomic E-state index is 5.36. The van der Waals surface area contributed by atoms with Crippen molar-refractivity contribution in [2.24, 2.45) is 0 Å². The third-order valence-electron chi connectivity index (χ3n) is 4.67. The van der Waals surface area contributed by atoms with Crippen LogP contribution in [0.4, 0.5) is 0 Å². The summed E-state index contributed by atoms with van der Waals surface area (Å²) in [4.78, 5) is 12.3. The minimum absolute atomic E-state index is 0. The molecule has 6 nitrogen and oxygen atoms in total. The number of rotatable bonds is 2. The van der Waals surface area contributed by atoms with Gasteiger partial charge in [0.1, 0.15) is 17.1 Å². The van der Waals surface area contributed by atoms with Crippen LogP contribution in [0.1, 0.15) is 24.7 Å². The second-order valence-electron chi connectivity index (χ2n) is 6.48. The number of nitrogens with zero attached hydrogens (tertiary/aromatic N) is 3. The Morgan fingerprint density at radius 2 is 1.85 bits per heavy atom. The number of aryl methyl sites for hydroxylation is 3. The predicted molar refractivity (Wildman–Crippen MR) is 106 cm³/mol. The fourth-order valence-electron chi connectivity index (χ4n) is 3.53. The van der Waals surface area contributed by atoms with Gasteiger partial charge in [-0.25, -0.2) is 9.97 Å². The van der Waals surface area contributed by atoms with Crippen LogP contribution in [0.5, 0.6) is 0 Å². The van der Waals surface area contributed by atoms with E-state index in [0.717, 1.165) is 61.7 Å². The van der Waals surface area contributed by atoms with Crippen molar-refractivity contribution in [3.63, 3.8) is 0 Å². The average Bonchev–Trinajstić information content (AvgIpc) is 3.31. The van der Waals surface area contributed by atoms with Crippen molar-refractivity contribution in [1.82, 2.24) is 20.1 Å². The van der Waals surface area contributed by atoms with E-state index in [0.29, 0.717) is 0 Å². The SMILES string of the molecule is C.Cc1nc2c(-c3ccc4ocnc4c3)cc(-c3c(C)noc3C)cc2[nH]1. The molecule has 0 amide bonds. The molecule has 5 rings (SSSR count). The number of hydrogen-bond acceptors (Lipinski definition) is 5. The van der Waals surface area contributed by atoms with Gasteiger partial charge in [0.2, 0.25) is 0 Å². The first-order valence-corrected chi connectivity index (χ1v) is 8.37. The van der Waals surface area contributed by atoms with Gasteiger partial charge in [0.05, 0.1) is 16.7 Å². The zero-order valence-corrected chi connectivity index (χ0v) is 14.6. The molecule has 3 aromatic heterocycles. The molecule has 0 atom stereocenters. The second-order valence-corrected chi connectivity index (χ2v) is 6.48. The van der Waals surface area contributed by atoms with E-state index in [4.69, 9.17) is 8.94 Å². The number of hydrogen-bond donors (Lipinski definition) is 1. The highest BCUT2D eigenvalue weighted by Gasteiger charge is 2.17. The minimum atomic E-state index is 0. The van der Waals surface area contributed by atoms with Crippen molar-refractivity contribution in [2.75, 3.05) is 0 Å². The lowest BCUT2D eigenvalue weighted by molar-refractivity contribution is 0.393. The topological polar surface area (TPSA) is 80.7 Å².